The molecule has 0 aliphatic heterocycles. The van der Waals surface area contributed by atoms with E-state index in [-0.39, 0.29) is 5.17 Å². The second kappa shape index (κ2) is 9.83. The Labute approximate surface area is 172 Å². The first-order valence-corrected chi connectivity index (χ1v) is 9.69. The number of likely N-dealkylation sites (N-methyl/N-ethyl adjacent to an activating group) is 1. The summed E-state index contributed by atoms with van der Waals surface area (Å²) >= 11 is 11.1. The Morgan fingerprint density at radius 2 is 1.85 bits per heavy atom. The van der Waals surface area contributed by atoms with Gasteiger partial charge in [-0.1, -0.05) is 24.6 Å². The Morgan fingerprint density at radius 3 is 2.48 bits per heavy atom. The van der Waals surface area contributed by atoms with Gasteiger partial charge in [0.15, 0.2) is 0 Å². The van der Waals surface area contributed by atoms with Crippen LogP contribution in [0.1, 0.15) is 29.2 Å². The summed E-state index contributed by atoms with van der Waals surface area (Å²) in [7, 11) is 2.13. The van der Waals surface area contributed by atoms with Crippen LogP contribution in [0, 0.1) is 13.8 Å². The van der Waals surface area contributed by atoms with Gasteiger partial charge in [0.25, 0.3) is 5.17 Å². The average molecular weight is 404 g/mol. The summed E-state index contributed by atoms with van der Waals surface area (Å²) in [6.45, 7) is 8.32. The molecule has 0 heterocycles. The Bertz CT molecular complexity index is 834. The molecule has 0 fully saturated rings. The SMILES string of the molecule is CCN(C)CCc1cc(C)c(OC(=S)N=C(N)c2ccc(Cl)cc2)cc1C. The van der Waals surface area contributed by atoms with Crippen molar-refractivity contribution in [2.45, 2.75) is 27.2 Å². The molecule has 0 saturated heterocycles. The zero-order chi connectivity index (χ0) is 20.0. The quantitative estimate of drug-likeness (QED) is 0.437. The molecule has 0 aliphatic carbocycles. The zero-order valence-electron chi connectivity index (χ0n) is 16.3. The van der Waals surface area contributed by atoms with E-state index >= 15 is 0 Å². The highest BCUT2D eigenvalue weighted by Gasteiger charge is 2.09. The third-order valence-corrected chi connectivity index (χ3v) is 4.91. The number of aryl methyl sites for hydroxylation is 2. The van der Waals surface area contributed by atoms with Crippen molar-refractivity contribution in [3.63, 3.8) is 0 Å². The van der Waals surface area contributed by atoms with Crippen LogP contribution >= 0.6 is 23.8 Å². The van der Waals surface area contributed by atoms with Crippen LogP contribution in [0.2, 0.25) is 5.02 Å². The molecular formula is C21H26ClN3OS. The lowest BCUT2D eigenvalue weighted by molar-refractivity contribution is 0.357. The highest BCUT2D eigenvalue weighted by atomic mass is 35.5. The summed E-state index contributed by atoms with van der Waals surface area (Å²) in [5.41, 5.74) is 10.3. The third-order valence-electron chi connectivity index (χ3n) is 4.49. The van der Waals surface area contributed by atoms with Crippen LogP contribution in [-0.4, -0.2) is 36.0 Å². The summed E-state index contributed by atoms with van der Waals surface area (Å²) in [5, 5.41) is 0.727. The molecule has 0 atom stereocenters. The number of nitrogens with zero attached hydrogens (tertiary/aromatic N) is 2. The summed E-state index contributed by atoms with van der Waals surface area (Å²) in [4.78, 5) is 6.48. The van der Waals surface area contributed by atoms with Gasteiger partial charge < -0.3 is 15.4 Å². The van der Waals surface area contributed by atoms with Gasteiger partial charge in [0.2, 0.25) is 0 Å². The molecule has 2 aromatic rings. The minimum absolute atomic E-state index is 0.0865. The van der Waals surface area contributed by atoms with Crippen molar-refractivity contribution in [3.05, 3.63) is 63.7 Å². The first kappa shape index (κ1) is 21.4. The number of benzene rings is 2. The van der Waals surface area contributed by atoms with Crippen molar-refractivity contribution >= 4 is 34.8 Å². The highest BCUT2D eigenvalue weighted by molar-refractivity contribution is 7.80. The molecule has 0 aliphatic rings. The number of thiocarbonyl (C=S) groups is 1. The highest BCUT2D eigenvalue weighted by Crippen LogP contribution is 2.24. The van der Waals surface area contributed by atoms with E-state index in [1.54, 1.807) is 24.3 Å². The van der Waals surface area contributed by atoms with E-state index < -0.39 is 0 Å². The third kappa shape index (κ3) is 6.31. The van der Waals surface area contributed by atoms with E-state index in [1.165, 1.54) is 11.1 Å². The Balaban J connectivity index is 2.10. The molecule has 2 rings (SSSR count). The van der Waals surface area contributed by atoms with Crippen LogP contribution in [-0.2, 0) is 6.42 Å². The first-order valence-electron chi connectivity index (χ1n) is 8.90. The van der Waals surface area contributed by atoms with Crippen LogP contribution in [0.15, 0.2) is 41.4 Å². The van der Waals surface area contributed by atoms with E-state index in [9.17, 15) is 0 Å². The fourth-order valence-electron chi connectivity index (χ4n) is 2.60. The van der Waals surface area contributed by atoms with Crippen molar-refractivity contribution in [2.24, 2.45) is 10.7 Å². The number of aliphatic imine (C=N–C) groups is 1. The smallest absolute Gasteiger partial charge is 0.290 e. The Morgan fingerprint density at radius 1 is 1.19 bits per heavy atom. The van der Waals surface area contributed by atoms with Gasteiger partial charge in [-0.15, -0.1) is 0 Å². The minimum atomic E-state index is 0.0865. The summed E-state index contributed by atoms with van der Waals surface area (Å²) < 4.78 is 5.77. The number of amidine groups is 1. The zero-order valence-corrected chi connectivity index (χ0v) is 17.8. The van der Waals surface area contributed by atoms with E-state index in [1.807, 2.05) is 13.0 Å². The van der Waals surface area contributed by atoms with Crippen LogP contribution in [0.25, 0.3) is 0 Å². The van der Waals surface area contributed by atoms with Crippen LogP contribution in [0.3, 0.4) is 0 Å². The molecule has 0 unspecified atom stereocenters. The fraction of sp³-hybridized carbons (Fsp3) is 0.333. The summed E-state index contributed by atoms with van der Waals surface area (Å²) in [5.74, 6) is 1.00. The molecule has 0 saturated carbocycles. The van der Waals surface area contributed by atoms with Gasteiger partial charge in [-0.05, 0) is 93.1 Å². The molecule has 27 heavy (non-hydrogen) atoms. The van der Waals surface area contributed by atoms with E-state index in [0.29, 0.717) is 16.6 Å². The lowest BCUT2D eigenvalue weighted by Gasteiger charge is -2.16. The molecular weight excluding hydrogens is 378 g/mol. The molecule has 0 amide bonds. The summed E-state index contributed by atoms with van der Waals surface area (Å²) in [6, 6.07) is 11.3. The molecule has 0 radical (unpaired) electrons. The molecule has 2 N–H and O–H groups in total. The van der Waals surface area contributed by atoms with Crippen molar-refractivity contribution in [3.8, 4) is 5.75 Å². The largest absolute Gasteiger partial charge is 0.430 e. The Kier molecular flexibility index (Phi) is 7.78. The molecule has 144 valence electrons. The number of hydrogen-bond acceptors (Lipinski definition) is 3. The second-order valence-corrected chi connectivity index (χ2v) is 7.35. The van der Waals surface area contributed by atoms with Gasteiger partial charge in [0.1, 0.15) is 11.6 Å². The Hall–Kier alpha value is -1.95. The van der Waals surface area contributed by atoms with E-state index in [4.69, 9.17) is 34.3 Å². The maximum Gasteiger partial charge on any atom is 0.290 e. The number of ether oxygens (including phenoxy) is 1. The molecule has 4 nitrogen and oxygen atoms in total. The second-order valence-electron chi connectivity index (χ2n) is 6.56. The van der Waals surface area contributed by atoms with Crippen molar-refractivity contribution in [1.29, 1.82) is 0 Å². The van der Waals surface area contributed by atoms with E-state index in [2.05, 4.69) is 36.9 Å². The topological polar surface area (TPSA) is 50.8 Å². The maximum absolute atomic E-state index is 6.01. The number of halogens is 1. The molecule has 2 aromatic carbocycles. The van der Waals surface area contributed by atoms with Crippen LogP contribution < -0.4 is 10.5 Å². The minimum Gasteiger partial charge on any atom is -0.430 e. The standard InChI is InChI=1S/C21H26ClN3OS/c1-5-25(4)11-10-17-12-15(3)19(13-14(17)2)26-21(27)24-20(23)16-6-8-18(22)9-7-16/h6-9,12-13H,5,10-11H2,1-4H3,(H2,23,24,27). The van der Waals surface area contributed by atoms with Gasteiger partial charge in [-0.3, -0.25) is 0 Å². The summed E-state index contributed by atoms with van der Waals surface area (Å²) in [6.07, 6.45) is 1.00. The predicted molar refractivity (Wildman–Crippen MR) is 118 cm³/mol. The van der Waals surface area contributed by atoms with Gasteiger partial charge in [-0.25, -0.2) is 0 Å². The number of rotatable bonds is 6. The van der Waals surface area contributed by atoms with Gasteiger partial charge >= 0.3 is 0 Å². The number of hydrogen-bond donors (Lipinski definition) is 1. The fourth-order valence-corrected chi connectivity index (χ4v) is 2.91. The number of nitrogens with two attached hydrogens (primary N) is 1. The van der Waals surface area contributed by atoms with Gasteiger partial charge in [0.05, 0.1) is 0 Å². The molecule has 6 heteroatoms. The first-order chi connectivity index (χ1) is 12.8. The lowest BCUT2D eigenvalue weighted by atomic mass is 10.0. The predicted octanol–water partition coefficient (Wildman–Crippen LogP) is 4.52. The monoisotopic (exact) mass is 403 g/mol. The van der Waals surface area contributed by atoms with Crippen LogP contribution in [0.5, 0.6) is 5.75 Å². The van der Waals surface area contributed by atoms with Crippen molar-refractivity contribution in [2.75, 3.05) is 20.1 Å². The van der Waals surface area contributed by atoms with Gasteiger partial charge in [-0.2, -0.15) is 4.99 Å². The maximum atomic E-state index is 6.01. The van der Waals surface area contributed by atoms with Crippen molar-refractivity contribution in [1.82, 2.24) is 4.90 Å². The normalized spacial score (nSPS) is 11.7. The lowest BCUT2D eigenvalue weighted by Crippen LogP contribution is -2.20. The average Bonchev–Trinajstić information content (AvgIpc) is 2.63. The van der Waals surface area contributed by atoms with Crippen molar-refractivity contribution < 1.29 is 4.74 Å². The van der Waals surface area contributed by atoms with E-state index in [0.717, 1.165) is 30.6 Å². The molecule has 0 spiro atoms. The van der Waals surface area contributed by atoms with Crippen LogP contribution in [0.4, 0.5) is 0 Å². The molecule has 0 bridgehead atoms. The molecule has 0 aromatic heterocycles. The van der Waals surface area contributed by atoms with Gasteiger partial charge in [0, 0.05) is 17.1 Å².